The molecule has 0 radical (unpaired) electrons. The zero-order valence-electron chi connectivity index (χ0n) is 15.1. The van der Waals surface area contributed by atoms with Gasteiger partial charge in [0.05, 0.1) is 15.0 Å². The van der Waals surface area contributed by atoms with Gasteiger partial charge in [-0.3, -0.25) is 9.69 Å². The predicted octanol–water partition coefficient (Wildman–Crippen LogP) is 5.66. The van der Waals surface area contributed by atoms with E-state index < -0.39 is 17.9 Å². The van der Waals surface area contributed by atoms with Gasteiger partial charge < -0.3 is 9.52 Å². The number of carboxylic acid groups (broad SMARTS) is 1. The maximum absolute atomic E-state index is 12.8. The summed E-state index contributed by atoms with van der Waals surface area (Å²) in [5.74, 6) is 0.117. The van der Waals surface area contributed by atoms with Crippen molar-refractivity contribution in [1.82, 2.24) is 4.90 Å². The van der Waals surface area contributed by atoms with Crippen molar-refractivity contribution in [2.24, 2.45) is 0 Å². The summed E-state index contributed by atoms with van der Waals surface area (Å²) >= 11 is 19.8. The number of nitrogens with zero attached hydrogens (tertiary/aromatic N) is 1. The highest BCUT2D eigenvalue weighted by Gasteiger charge is 2.40. The van der Waals surface area contributed by atoms with Crippen LogP contribution in [0.4, 0.5) is 0 Å². The molecule has 0 saturated carbocycles. The summed E-state index contributed by atoms with van der Waals surface area (Å²) in [6.07, 6.45) is 3.76. The Hall–Kier alpha value is -1.45. The number of halogens is 2. The van der Waals surface area contributed by atoms with Crippen LogP contribution < -0.4 is 0 Å². The van der Waals surface area contributed by atoms with Crippen molar-refractivity contribution < 1.29 is 19.1 Å². The van der Waals surface area contributed by atoms with Crippen LogP contribution in [0.5, 0.6) is 0 Å². The van der Waals surface area contributed by atoms with Gasteiger partial charge >= 0.3 is 5.97 Å². The summed E-state index contributed by atoms with van der Waals surface area (Å²) in [6, 6.07) is 7.63. The molecule has 2 aromatic rings. The first-order valence-corrected chi connectivity index (χ1v) is 11.7. The number of hydrogen-bond donors (Lipinski definition) is 1. The fourth-order valence-corrected chi connectivity index (χ4v) is 4.80. The number of carbonyl (C=O) groups excluding carboxylic acids is 1. The lowest BCUT2D eigenvalue weighted by Crippen LogP contribution is -2.44. The smallest absolute Gasteiger partial charge is 0.326 e. The summed E-state index contributed by atoms with van der Waals surface area (Å²) in [5.41, 5.74) is 0.745. The minimum absolute atomic E-state index is 0.228. The molecule has 1 N–H and O–H groups in total. The van der Waals surface area contributed by atoms with Gasteiger partial charge in [0.2, 0.25) is 0 Å². The van der Waals surface area contributed by atoms with E-state index in [9.17, 15) is 14.7 Å². The highest BCUT2D eigenvalue weighted by atomic mass is 35.5. The molecule has 3 rings (SSSR count). The van der Waals surface area contributed by atoms with Crippen LogP contribution in [-0.4, -0.2) is 44.3 Å². The van der Waals surface area contributed by atoms with Crippen LogP contribution in [0.2, 0.25) is 10.0 Å². The van der Waals surface area contributed by atoms with E-state index in [0.717, 1.165) is 17.3 Å². The highest BCUT2D eigenvalue weighted by molar-refractivity contribution is 8.26. The average Bonchev–Trinajstić information content (AvgIpc) is 3.24. The number of hydrogen-bond acceptors (Lipinski definition) is 6. The zero-order chi connectivity index (χ0) is 21.1. The third kappa shape index (κ3) is 5.00. The molecule has 1 fully saturated rings. The molecule has 29 heavy (non-hydrogen) atoms. The lowest BCUT2D eigenvalue weighted by atomic mass is 10.2. The molecule has 1 aromatic carbocycles. The molecule has 0 aliphatic carbocycles. The van der Waals surface area contributed by atoms with Crippen LogP contribution in [-0.2, 0) is 9.59 Å². The third-order valence-corrected chi connectivity index (χ3v) is 6.83. The van der Waals surface area contributed by atoms with Crippen LogP contribution in [0.3, 0.4) is 0 Å². The second kappa shape index (κ2) is 9.57. The van der Waals surface area contributed by atoms with Gasteiger partial charge in [-0.1, -0.05) is 47.2 Å². The van der Waals surface area contributed by atoms with Gasteiger partial charge in [-0.25, -0.2) is 4.79 Å². The second-order valence-electron chi connectivity index (χ2n) is 6.02. The molecule has 2 heterocycles. The van der Waals surface area contributed by atoms with Crippen molar-refractivity contribution >= 4 is 81.2 Å². The molecular formula is C19H15Cl2NO4S3. The van der Waals surface area contributed by atoms with Crippen molar-refractivity contribution in [3.63, 3.8) is 0 Å². The van der Waals surface area contributed by atoms with E-state index in [0.29, 0.717) is 38.6 Å². The number of rotatable bonds is 7. The number of benzene rings is 1. The molecule has 10 heteroatoms. The lowest BCUT2D eigenvalue weighted by molar-refractivity contribution is -0.145. The van der Waals surface area contributed by atoms with E-state index in [-0.39, 0.29) is 4.32 Å². The van der Waals surface area contributed by atoms with Crippen LogP contribution in [0.1, 0.15) is 12.2 Å². The Morgan fingerprint density at radius 1 is 1.34 bits per heavy atom. The summed E-state index contributed by atoms with van der Waals surface area (Å²) in [5, 5.41) is 10.4. The van der Waals surface area contributed by atoms with Crippen LogP contribution in [0, 0.1) is 0 Å². The summed E-state index contributed by atoms with van der Waals surface area (Å²) in [7, 11) is 0. The third-order valence-electron chi connectivity index (χ3n) is 4.12. The zero-order valence-corrected chi connectivity index (χ0v) is 19.0. The Kier molecular flexibility index (Phi) is 7.34. The van der Waals surface area contributed by atoms with Crippen LogP contribution in [0.15, 0.2) is 39.7 Å². The molecule has 1 amide bonds. The number of carboxylic acids is 1. The molecule has 5 nitrogen and oxygen atoms in total. The molecule has 0 unspecified atom stereocenters. The van der Waals surface area contributed by atoms with E-state index in [4.69, 9.17) is 39.8 Å². The minimum Gasteiger partial charge on any atom is -0.480 e. The number of amides is 1. The Morgan fingerprint density at radius 3 is 2.76 bits per heavy atom. The average molecular weight is 488 g/mol. The Labute approximate surface area is 191 Å². The standard InChI is InChI=1S/C19H15Cl2NO4S3/c1-28-7-6-14(18(24)25)22-17(23)16(29-19(22)27)9-11-3-5-15(26-11)10-2-4-12(20)13(21)8-10/h2-5,8-9,14H,6-7H2,1H3,(H,24,25)/b16-9+/t14-/m1/s1. The first kappa shape index (κ1) is 22.2. The molecule has 1 saturated heterocycles. The maximum Gasteiger partial charge on any atom is 0.326 e. The first-order chi connectivity index (χ1) is 13.8. The van der Waals surface area contributed by atoms with Crippen LogP contribution in [0.25, 0.3) is 17.4 Å². The van der Waals surface area contributed by atoms with Gasteiger partial charge in [-0.15, -0.1) is 0 Å². The molecule has 1 atom stereocenters. The van der Waals surface area contributed by atoms with E-state index in [1.807, 2.05) is 6.26 Å². The molecule has 1 aliphatic heterocycles. The fraction of sp³-hybridized carbons (Fsp3) is 0.211. The largest absolute Gasteiger partial charge is 0.480 e. The number of furan rings is 1. The molecule has 1 aromatic heterocycles. The van der Waals surface area contributed by atoms with Crippen molar-refractivity contribution in [3.05, 3.63) is 51.0 Å². The summed E-state index contributed by atoms with van der Waals surface area (Å²) < 4.78 is 6.02. The van der Waals surface area contributed by atoms with E-state index in [1.54, 1.807) is 36.4 Å². The topological polar surface area (TPSA) is 70.8 Å². The molecular weight excluding hydrogens is 473 g/mol. The SMILES string of the molecule is CSCC[C@H](C(=O)O)N1C(=O)/C(=C\c2ccc(-c3ccc(Cl)c(Cl)c3)o2)SC1=S. The van der Waals surface area contributed by atoms with Crippen molar-refractivity contribution in [1.29, 1.82) is 0 Å². The second-order valence-corrected chi connectivity index (χ2v) is 9.49. The highest BCUT2D eigenvalue weighted by Crippen LogP contribution is 2.36. The minimum atomic E-state index is -1.07. The monoisotopic (exact) mass is 487 g/mol. The van der Waals surface area contributed by atoms with Gasteiger partial charge in [0.15, 0.2) is 0 Å². The van der Waals surface area contributed by atoms with Crippen molar-refractivity contribution in [2.45, 2.75) is 12.5 Å². The van der Waals surface area contributed by atoms with Gasteiger partial charge in [0.25, 0.3) is 5.91 Å². The van der Waals surface area contributed by atoms with Gasteiger partial charge in [0, 0.05) is 11.6 Å². The van der Waals surface area contributed by atoms with Crippen LogP contribution >= 0.6 is 58.9 Å². The Balaban J connectivity index is 1.83. The maximum atomic E-state index is 12.8. The molecule has 1 aliphatic rings. The van der Waals surface area contributed by atoms with Gasteiger partial charge in [0.1, 0.15) is 21.9 Å². The summed E-state index contributed by atoms with van der Waals surface area (Å²) in [6.45, 7) is 0. The molecule has 0 spiro atoms. The lowest BCUT2D eigenvalue weighted by Gasteiger charge is -2.22. The van der Waals surface area contributed by atoms with Crippen molar-refractivity contribution in [2.75, 3.05) is 12.0 Å². The quantitative estimate of drug-likeness (QED) is 0.398. The van der Waals surface area contributed by atoms with E-state index in [1.165, 1.54) is 16.7 Å². The van der Waals surface area contributed by atoms with E-state index >= 15 is 0 Å². The molecule has 152 valence electrons. The number of thioether (sulfide) groups is 2. The predicted molar refractivity (Wildman–Crippen MR) is 124 cm³/mol. The van der Waals surface area contributed by atoms with Crippen molar-refractivity contribution in [3.8, 4) is 11.3 Å². The Morgan fingerprint density at radius 2 is 2.10 bits per heavy atom. The fourth-order valence-electron chi connectivity index (χ4n) is 2.71. The number of carbonyl (C=O) groups is 2. The number of aliphatic carboxylic acids is 1. The summed E-state index contributed by atoms with van der Waals surface area (Å²) in [4.78, 5) is 25.9. The van der Waals surface area contributed by atoms with Gasteiger partial charge in [-0.2, -0.15) is 11.8 Å². The normalized spacial score (nSPS) is 16.7. The van der Waals surface area contributed by atoms with E-state index in [2.05, 4.69) is 0 Å². The van der Waals surface area contributed by atoms with Gasteiger partial charge in [-0.05, 0) is 48.8 Å². The number of thiocarbonyl (C=S) groups is 1. The Bertz CT molecular complexity index is 1010. The molecule has 0 bridgehead atoms. The first-order valence-electron chi connectivity index (χ1n) is 8.36.